The van der Waals surface area contributed by atoms with Crippen molar-refractivity contribution >= 4 is 11.7 Å². The van der Waals surface area contributed by atoms with Crippen LogP contribution in [0.1, 0.15) is 11.7 Å². The Labute approximate surface area is 134 Å². The quantitative estimate of drug-likeness (QED) is 0.548. The van der Waals surface area contributed by atoms with Crippen LogP contribution < -0.4 is 5.32 Å². The van der Waals surface area contributed by atoms with Crippen molar-refractivity contribution in [2.24, 2.45) is 0 Å². The summed E-state index contributed by atoms with van der Waals surface area (Å²) in [6.45, 7) is 0.167. The Morgan fingerprint density at radius 2 is 1.48 bits per heavy atom. The third kappa shape index (κ3) is 7.42. The number of para-hydroxylation sites is 1. The second-order valence-corrected chi connectivity index (χ2v) is 4.73. The minimum Gasteiger partial charge on any atom is -0.479 e. The third-order valence-electron chi connectivity index (χ3n) is 2.88. The van der Waals surface area contributed by atoms with Crippen LogP contribution in [0.3, 0.4) is 0 Å². The molecule has 0 aromatic heterocycles. The van der Waals surface area contributed by atoms with Crippen LogP contribution in [0.5, 0.6) is 0 Å². The van der Waals surface area contributed by atoms with Crippen molar-refractivity contribution < 1.29 is 25.2 Å². The first kappa shape index (κ1) is 18.6. The van der Waals surface area contributed by atoms with Gasteiger partial charge in [-0.2, -0.15) is 0 Å². The fraction of sp³-hybridized carbons (Fsp3) is 0.235. The molecule has 0 heterocycles. The Morgan fingerprint density at radius 1 is 0.957 bits per heavy atom. The normalized spacial score (nSPS) is 12.5. The van der Waals surface area contributed by atoms with Crippen molar-refractivity contribution in [3.8, 4) is 0 Å². The van der Waals surface area contributed by atoms with Crippen molar-refractivity contribution in [1.82, 2.24) is 0 Å². The summed E-state index contributed by atoms with van der Waals surface area (Å²) >= 11 is 0. The number of aliphatic carboxylic acids is 1. The Hall–Kier alpha value is -2.41. The number of hydrogen-bond donors (Lipinski definition) is 5. The summed E-state index contributed by atoms with van der Waals surface area (Å²) in [5.74, 6) is -1.23. The van der Waals surface area contributed by atoms with Crippen molar-refractivity contribution in [1.29, 1.82) is 0 Å². The molecule has 0 aliphatic heterocycles. The number of rotatable bonds is 6. The SMILES string of the molecule is O=C(O)[C@H](O)c1ccccc1.OC[C@H](O)CNc1ccccc1. The molecule has 0 saturated carbocycles. The van der Waals surface area contributed by atoms with Crippen molar-refractivity contribution in [3.05, 3.63) is 66.2 Å². The number of nitrogens with one attached hydrogen (secondary N) is 1. The third-order valence-corrected chi connectivity index (χ3v) is 2.88. The van der Waals surface area contributed by atoms with Gasteiger partial charge in [0.05, 0.1) is 12.7 Å². The molecule has 2 atom stereocenters. The number of benzene rings is 2. The van der Waals surface area contributed by atoms with E-state index in [0.29, 0.717) is 12.1 Å². The number of carboxylic acids is 1. The fourth-order valence-electron chi connectivity index (χ4n) is 1.63. The highest BCUT2D eigenvalue weighted by molar-refractivity contribution is 5.73. The molecule has 0 saturated heterocycles. The Morgan fingerprint density at radius 3 is 1.96 bits per heavy atom. The van der Waals surface area contributed by atoms with E-state index in [9.17, 15) is 4.79 Å². The lowest BCUT2D eigenvalue weighted by Crippen LogP contribution is -2.22. The van der Waals surface area contributed by atoms with E-state index < -0.39 is 18.2 Å². The van der Waals surface area contributed by atoms with Gasteiger partial charge in [-0.15, -0.1) is 0 Å². The second kappa shape index (κ2) is 10.3. The predicted molar refractivity (Wildman–Crippen MR) is 87.1 cm³/mol. The molecule has 0 fully saturated rings. The minimum atomic E-state index is -1.41. The van der Waals surface area contributed by atoms with Crippen LogP contribution in [0.4, 0.5) is 5.69 Å². The van der Waals surface area contributed by atoms with E-state index in [4.69, 9.17) is 20.4 Å². The Bertz CT molecular complexity index is 562. The highest BCUT2D eigenvalue weighted by Gasteiger charge is 2.14. The highest BCUT2D eigenvalue weighted by Crippen LogP contribution is 2.11. The van der Waals surface area contributed by atoms with Gasteiger partial charge in [0, 0.05) is 12.2 Å². The zero-order valence-corrected chi connectivity index (χ0v) is 12.5. The lowest BCUT2D eigenvalue weighted by atomic mass is 10.1. The first-order valence-electron chi connectivity index (χ1n) is 7.08. The van der Waals surface area contributed by atoms with E-state index in [1.165, 1.54) is 0 Å². The van der Waals surface area contributed by atoms with Gasteiger partial charge in [0.1, 0.15) is 0 Å². The van der Waals surface area contributed by atoms with Crippen LogP contribution in [0.25, 0.3) is 0 Å². The largest absolute Gasteiger partial charge is 0.479 e. The molecule has 23 heavy (non-hydrogen) atoms. The molecule has 0 aliphatic carbocycles. The van der Waals surface area contributed by atoms with Gasteiger partial charge < -0.3 is 25.7 Å². The van der Waals surface area contributed by atoms with E-state index in [1.807, 2.05) is 30.3 Å². The van der Waals surface area contributed by atoms with Gasteiger partial charge in [0.15, 0.2) is 6.10 Å². The van der Waals surface area contributed by atoms with Gasteiger partial charge in [-0.25, -0.2) is 4.79 Å². The predicted octanol–water partition coefficient (Wildman–Crippen LogP) is 1.26. The van der Waals surface area contributed by atoms with Crippen molar-refractivity contribution in [2.45, 2.75) is 12.2 Å². The minimum absolute atomic E-state index is 0.208. The number of carbonyl (C=O) groups is 1. The van der Waals surface area contributed by atoms with Crippen LogP contribution in [-0.2, 0) is 4.79 Å². The molecule has 6 heteroatoms. The summed E-state index contributed by atoms with van der Waals surface area (Å²) in [7, 11) is 0. The topological polar surface area (TPSA) is 110 Å². The van der Waals surface area contributed by atoms with Crippen LogP contribution in [-0.4, -0.2) is 45.7 Å². The average molecular weight is 319 g/mol. The van der Waals surface area contributed by atoms with Gasteiger partial charge in [-0.1, -0.05) is 48.5 Å². The Kier molecular flexibility index (Phi) is 8.38. The van der Waals surface area contributed by atoms with Gasteiger partial charge in [0.25, 0.3) is 0 Å². The monoisotopic (exact) mass is 319 g/mol. The molecule has 5 N–H and O–H groups in total. The van der Waals surface area contributed by atoms with Crippen molar-refractivity contribution in [3.63, 3.8) is 0 Å². The summed E-state index contributed by atoms with van der Waals surface area (Å²) < 4.78 is 0. The average Bonchev–Trinajstić information content (AvgIpc) is 2.61. The lowest BCUT2D eigenvalue weighted by molar-refractivity contribution is -0.146. The van der Waals surface area contributed by atoms with Crippen LogP contribution >= 0.6 is 0 Å². The molecule has 2 aromatic carbocycles. The summed E-state index contributed by atoms with van der Waals surface area (Å²) in [6, 6.07) is 17.8. The van der Waals surface area contributed by atoms with Gasteiger partial charge >= 0.3 is 5.97 Å². The molecule has 124 valence electrons. The smallest absolute Gasteiger partial charge is 0.337 e. The molecule has 6 nitrogen and oxygen atoms in total. The first-order valence-corrected chi connectivity index (χ1v) is 7.08. The summed E-state index contributed by atoms with van der Waals surface area (Å²) in [5, 5.41) is 37.9. The second-order valence-electron chi connectivity index (χ2n) is 4.73. The number of carboxylic acid groups (broad SMARTS) is 1. The molecule has 0 radical (unpaired) electrons. The molecular weight excluding hydrogens is 298 g/mol. The molecule has 0 amide bonds. The maximum atomic E-state index is 10.2. The highest BCUT2D eigenvalue weighted by atomic mass is 16.4. The zero-order chi connectivity index (χ0) is 17.1. The van der Waals surface area contributed by atoms with E-state index in [-0.39, 0.29) is 6.61 Å². The standard InChI is InChI=1S/C9H13NO2.C8H8O3/c11-7-9(12)6-10-8-4-2-1-3-5-8;9-7(8(10)11)6-4-2-1-3-5-6/h1-5,9-12H,6-7H2;1-5,7,9H,(H,10,11)/t9-;7-/m11/s1. The maximum Gasteiger partial charge on any atom is 0.337 e. The van der Waals surface area contributed by atoms with E-state index in [1.54, 1.807) is 30.3 Å². The molecule has 0 bridgehead atoms. The number of aliphatic hydroxyl groups excluding tert-OH is 3. The first-order chi connectivity index (χ1) is 11.0. The van der Waals surface area contributed by atoms with E-state index in [2.05, 4.69) is 5.32 Å². The van der Waals surface area contributed by atoms with E-state index >= 15 is 0 Å². The fourth-order valence-corrected chi connectivity index (χ4v) is 1.63. The lowest BCUT2D eigenvalue weighted by Gasteiger charge is -2.09. The molecule has 2 aromatic rings. The zero-order valence-electron chi connectivity index (χ0n) is 12.5. The molecule has 0 spiro atoms. The van der Waals surface area contributed by atoms with Gasteiger partial charge in [-0.05, 0) is 17.7 Å². The van der Waals surface area contributed by atoms with Crippen molar-refractivity contribution in [2.75, 3.05) is 18.5 Å². The summed E-state index contributed by atoms with van der Waals surface area (Å²) in [4.78, 5) is 10.2. The van der Waals surface area contributed by atoms with Crippen LogP contribution in [0, 0.1) is 0 Å². The summed E-state index contributed by atoms with van der Waals surface area (Å²) in [5.41, 5.74) is 1.35. The van der Waals surface area contributed by atoms with Gasteiger partial charge in [0.2, 0.25) is 0 Å². The van der Waals surface area contributed by atoms with E-state index in [0.717, 1.165) is 5.69 Å². The molecule has 0 unspecified atom stereocenters. The van der Waals surface area contributed by atoms with Crippen LogP contribution in [0.2, 0.25) is 0 Å². The molecular formula is C17H21NO5. The number of hydrogen-bond acceptors (Lipinski definition) is 5. The van der Waals surface area contributed by atoms with Gasteiger partial charge in [-0.3, -0.25) is 0 Å². The maximum absolute atomic E-state index is 10.2. The number of aliphatic hydroxyl groups is 3. The molecule has 2 rings (SSSR count). The molecule has 0 aliphatic rings. The summed E-state index contributed by atoms with van der Waals surface area (Å²) in [6.07, 6.45) is -2.10. The Balaban J connectivity index is 0.000000231. The number of anilines is 1. The van der Waals surface area contributed by atoms with Crippen LogP contribution in [0.15, 0.2) is 60.7 Å².